The molecule has 0 aliphatic carbocycles. The van der Waals surface area contributed by atoms with Crippen LogP contribution in [-0.4, -0.2) is 19.6 Å². The fourth-order valence-corrected chi connectivity index (χ4v) is 2.94. The highest BCUT2D eigenvalue weighted by Crippen LogP contribution is 2.28. The van der Waals surface area contributed by atoms with Crippen LogP contribution in [0.25, 0.3) is 16.6 Å². The van der Waals surface area contributed by atoms with E-state index in [-0.39, 0.29) is 0 Å². The summed E-state index contributed by atoms with van der Waals surface area (Å²) < 4.78 is 3.73. The first-order chi connectivity index (χ1) is 11.6. The fourth-order valence-electron chi connectivity index (χ4n) is 2.75. The van der Waals surface area contributed by atoms with E-state index >= 15 is 0 Å². The lowest BCUT2D eigenvalue weighted by molar-refractivity contribution is 0.800. The molecule has 0 radical (unpaired) electrons. The highest BCUT2D eigenvalue weighted by Gasteiger charge is 2.11. The van der Waals surface area contributed by atoms with Gasteiger partial charge < -0.3 is 5.32 Å². The lowest BCUT2D eigenvalue weighted by Gasteiger charge is -2.05. The zero-order valence-corrected chi connectivity index (χ0v) is 14.1. The van der Waals surface area contributed by atoms with Crippen molar-refractivity contribution >= 4 is 34.0 Å². The lowest BCUT2D eigenvalue weighted by atomic mass is 10.2. The standard InChI is InChI=1S/C18H16ClN5/c1-12-10-20-24(11-12)15-6-7-17-16(9-15)18(22-23(17)2)21-14-5-3-4-13(19)8-14/h3-11H,1-2H3,(H,21,22). The van der Waals surface area contributed by atoms with Gasteiger partial charge in [0.2, 0.25) is 0 Å². The van der Waals surface area contributed by atoms with Crippen molar-refractivity contribution in [2.45, 2.75) is 6.92 Å². The third-order valence-electron chi connectivity index (χ3n) is 3.90. The van der Waals surface area contributed by atoms with E-state index < -0.39 is 0 Å². The number of nitrogens with zero attached hydrogens (tertiary/aromatic N) is 4. The quantitative estimate of drug-likeness (QED) is 0.600. The summed E-state index contributed by atoms with van der Waals surface area (Å²) in [6.07, 6.45) is 3.85. The SMILES string of the molecule is Cc1cnn(-c2ccc3c(c2)c(Nc2cccc(Cl)c2)nn3C)c1. The van der Waals surface area contributed by atoms with E-state index in [0.717, 1.165) is 33.7 Å². The molecule has 2 aromatic carbocycles. The number of benzene rings is 2. The molecule has 24 heavy (non-hydrogen) atoms. The van der Waals surface area contributed by atoms with Crippen LogP contribution in [0.2, 0.25) is 5.02 Å². The Morgan fingerprint density at radius 3 is 2.75 bits per heavy atom. The maximum Gasteiger partial charge on any atom is 0.160 e. The minimum atomic E-state index is 0.688. The van der Waals surface area contributed by atoms with Gasteiger partial charge in [0.15, 0.2) is 5.82 Å². The molecule has 4 rings (SSSR count). The lowest BCUT2D eigenvalue weighted by Crippen LogP contribution is -1.94. The van der Waals surface area contributed by atoms with Crippen molar-refractivity contribution in [3.63, 3.8) is 0 Å². The van der Waals surface area contributed by atoms with Crippen molar-refractivity contribution in [1.82, 2.24) is 19.6 Å². The van der Waals surface area contributed by atoms with Gasteiger partial charge in [0.25, 0.3) is 0 Å². The topological polar surface area (TPSA) is 47.7 Å². The zero-order chi connectivity index (χ0) is 16.7. The van der Waals surface area contributed by atoms with Gasteiger partial charge in [-0.05, 0) is 48.9 Å². The van der Waals surface area contributed by atoms with Crippen LogP contribution in [0, 0.1) is 6.92 Å². The summed E-state index contributed by atoms with van der Waals surface area (Å²) in [5.41, 5.74) is 4.08. The van der Waals surface area contributed by atoms with E-state index in [9.17, 15) is 0 Å². The van der Waals surface area contributed by atoms with E-state index in [2.05, 4.69) is 27.6 Å². The average Bonchev–Trinajstić information content (AvgIpc) is 3.12. The largest absolute Gasteiger partial charge is 0.338 e. The van der Waals surface area contributed by atoms with E-state index in [1.165, 1.54) is 0 Å². The monoisotopic (exact) mass is 337 g/mol. The summed E-state index contributed by atoms with van der Waals surface area (Å²) in [4.78, 5) is 0. The number of halogens is 1. The Labute approximate surface area is 144 Å². The Morgan fingerprint density at radius 1 is 1.12 bits per heavy atom. The Hall–Kier alpha value is -2.79. The number of nitrogens with one attached hydrogen (secondary N) is 1. The van der Waals surface area contributed by atoms with Crippen LogP contribution in [-0.2, 0) is 7.05 Å². The third-order valence-corrected chi connectivity index (χ3v) is 4.13. The van der Waals surface area contributed by atoms with Crippen LogP contribution >= 0.6 is 11.6 Å². The first kappa shape index (κ1) is 14.8. The van der Waals surface area contributed by atoms with Gasteiger partial charge >= 0.3 is 0 Å². The minimum Gasteiger partial charge on any atom is -0.338 e. The molecule has 0 atom stereocenters. The molecule has 0 aliphatic rings. The van der Waals surface area contributed by atoms with Crippen molar-refractivity contribution in [3.05, 3.63) is 65.4 Å². The van der Waals surface area contributed by atoms with Crippen LogP contribution in [0.3, 0.4) is 0 Å². The molecule has 0 amide bonds. The van der Waals surface area contributed by atoms with Crippen molar-refractivity contribution in [2.75, 3.05) is 5.32 Å². The summed E-state index contributed by atoms with van der Waals surface area (Å²) in [5, 5.41) is 14.0. The zero-order valence-electron chi connectivity index (χ0n) is 13.4. The van der Waals surface area contributed by atoms with Gasteiger partial charge in [-0.25, -0.2) is 4.68 Å². The molecule has 1 N–H and O–H groups in total. The van der Waals surface area contributed by atoms with Gasteiger partial charge in [-0.3, -0.25) is 4.68 Å². The van der Waals surface area contributed by atoms with Gasteiger partial charge in [0.1, 0.15) is 0 Å². The first-order valence-electron chi connectivity index (χ1n) is 7.61. The molecule has 0 fully saturated rings. The molecule has 2 aromatic heterocycles. The summed E-state index contributed by atoms with van der Waals surface area (Å²) >= 11 is 6.06. The first-order valence-corrected chi connectivity index (χ1v) is 7.99. The Morgan fingerprint density at radius 2 is 2.00 bits per heavy atom. The number of aryl methyl sites for hydroxylation is 2. The van der Waals surface area contributed by atoms with Crippen LogP contribution < -0.4 is 5.32 Å². The highest BCUT2D eigenvalue weighted by atomic mass is 35.5. The van der Waals surface area contributed by atoms with Gasteiger partial charge in [-0.1, -0.05) is 17.7 Å². The summed E-state index contributed by atoms with van der Waals surface area (Å²) in [7, 11) is 1.93. The maximum atomic E-state index is 6.06. The van der Waals surface area contributed by atoms with Gasteiger partial charge in [0.05, 0.1) is 17.4 Å². The van der Waals surface area contributed by atoms with E-state index in [1.54, 1.807) is 0 Å². The summed E-state index contributed by atoms with van der Waals surface area (Å²) in [6.45, 7) is 2.03. The maximum absolute atomic E-state index is 6.06. The third kappa shape index (κ3) is 2.63. The van der Waals surface area contributed by atoms with E-state index in [0.29, 0.717) is 5.02 Å². The second-order valence-electron chi connectivity index (χ2n) is 5.77. The summed E-state index contributed by atoms with van der Waals surface area (Å²) in [5.74, 6) is 0.792. The molecule has 0 saturated carbocycles. The second-order valence-corrected chi connectivity index (χ2v) is 6.21. The van der Waals surface area contributed by atoms with Crippen LogP contribution in [0.1, 0.15) is 5.56 Å². The predicted molar refractivity (Wildman–Crippen MR) is 97.3 cm³/mol. The number of anilines is 2. The van der Waals surface area contributed by atoms with Crippen molar-refractivity contribution < 1.29 is 0 Å². The molecule has 0 unspecified atom stereocenters. The van der Waals surface area contributed by atoms with Crippen LogP contribution in [0.5, 0.6) is 0 Å². The van der Waals surface area contributed by atoms with E-state index in [4.69, 9.17) is 11.6 Å². The van der Waals surface area contributed by atoms with Crippen molar-refractivity contribution in [1.29, 1.82) is 0 Å². The number of rotatable bonds is 3. The molecule has 0 aliphatic heterocycles. The molecule has 6 heteroatoms. The molecule has 5 nitrogen and oxygen atoms in total. The Kier molecular flexibility index (Phi) is 3.50. The molecule has 4 aromatic rings. The molecule has 120 valence electrons. The van der Waals surface area contributed by atoms with Gasteiger partial charge in [-0.2, -0.15) is 10.2 Å². The second kappa shape index (κ2) is 5.69. The Balaban J connectivity index is 1.80. The van der Waals surface area contributed by atoms with Crippen LogP contribution in [0.4, 0.5) is 11.5 Å². The highest BCUT2D eigenvalue weighted by molar-refractivity contribution is 6.30. The molecular weight excluding hydrogens is 322 g/mol. The molecule has 0 bridgehead atoms. The number of hydrogen-bond donors (Lipinski definition) is 1. The number of hydrogen-bond acceptors (Lipinski definition) is 3. The van der Waals surface area contributed by atoms with Gasteiger partial charge in [-0.15, -0.1) is 0 Å². The average molecular weight is 338 g/mol. The van der Waals surface area contributed by atoms with Crippen molar-refractivity contribution in [3.8, 4) is 5.69 Å². The smallest absolute Gasteiger partial charge is 0.160 e. The fraction of sp³-hybridized carbons (Fsp3) is 0.111. The number of fused-ring (bicyclic) bond motifs is 1. The van der Waals surface area contributed by atoms with Crippen molar-refractivity contribution in [2.24, 2.45) is 7.05 Å². The van der Waals surface area contributed by atoms with E-state index in [1.807, 2.05) is 66.1 Å². The van der Waals surface area contributed by atoms with Gasteiger partial charge in [0, 0.05) is 29.3 Å². The van der Waals surface area contributed by atoms with Crippen LogP contribution in [0.15, 0.2) is 54.9 Å². The molecule has 0 saturated heterocycles. The molecule has 2 heterocycles. The summed E-state index contributed by atoms with van der Waals surface area (Å²) in [6, 6.07) is 13.8. The minimum absolute atomic E-state index is 0.688. The molecule has 0 spiro atoms. The predicted octanol–water partition coefficient (Wildman–Crippen LogP) is 4.46. The number of aromatic nitrogens is 4. The Bertz CT molecular complexity index is 1030. The normalized spacial score (nSPS) is 11.1. The molecular formula is C18H16ClN5.